The van der Waals surface area contributed by atoms with Gasteiger partial charge >= 0.3 is 5.97 Å². The van der Waals surface area contributed by atoms with Gasteiger partial charge in [0.2, 0.25) is 0 Å². The molecule has 5 heteroatoms. The number of rotatable bonds is 4. The summed E-state index contributed by atoms with van der Waals surface area (Å²) in [6.07, 6.45) is 1.87. The second kappa shape index (κ2) is 5.57. The molecule has 1 N–H and O–H groups in total. The molecule has 0 atom stereocenters. The minimum Gasteiger partial charge on any atom is -0.481 e. The molecule has 0 saturated carbocycles. The monoisotopic (exact) mass is 284 g/mol. The summed E-state index contributed by atoms with van der Waals surface area (Å²) >= 11 is 1.29. The van der Waals surface area contributed by atoms with Gasteiger partial charge in [-0.05, 0) is 5.41 Å². The highest BCUT2D eigenvalue weighted by Crippen LogP contribution is 2.30. The fraction of sp³-hybridized carbons (Fsp3) is 0.714. The van der Waals surface area contributed by atoms with Gasteiger partial charge in [0.25, 0.3) is 0 Å². The van der Waals surface area contributed by atoms with E-state index in [4.69, 9.17) is 5.11 Å². The number of hydrogen-bond donors (Lipinski definition) is 1. The fourth-order valence-corrected chi connectivity index (χ4v) is 2.52. The number of imidazole rings is 1. The number of aromatic nitrogens is 2. The van der Waals surface area contributed by atoms with Crippen LogP contribution < -0.4 is 0 Å². The van der Waals surface area contributed by atoms with E-state index >= 15 is 0 Å². The largest absolute Gasteiger partial charge is 0.481 e. The van der Waals surface area contributed by atoms with E-state index < -0.39 is 5.97 Å². The van der Waals surface area contributed by atoms with Crippen LogP contribution >= 0.6 is 11.8 Å². The molecule has 0 aromatic carbocycles. The van der Waals surface area contributed by atoms with Crippen molar-refractivity contribution >= 4 is 17.7 Å². The van der Waals surface area contributed by atoms with Crippen molar-refractivity contribution in [3.05, 3.63) is 11.9 Å². The van der Waals surface area contributed by atoms with Crippen LogP contribution in [0, 0.1) is 5.41 Å². The van der Waals surface area contributed by atoms with Gasteiger partial charge in [-0.2, -0.15) is 0 Å². The topological polar surface area (TPSA) is 55.1 Å². The van der Waals surface area contributed by atoms with Crippen LogP contribution in [0.4, 0.5) is 0 Å². The average Bonchev–Trinajstić information content (AvgIpc) is 2.54. The van der Waals surface area contributed by atoms with E-state index in [-0.39, 0.29) is 16.6 Å². The minimum atomic E-state index is -0.812. The molecule has 0 saturated heterocycles. The van der Waals surface area contributed by atoms with E-state index in [1.165, 1.54) is 11.8 Å². The van der Waals surface area contributed by atoms with Gasteiger partial charge in [-0.3, -0.25) is 4.79 Å². The summed E-state index contributed by atoms with van der Waals surface area (Å²) < 4.78 is 2.16. The Bertz CT molecular complexity index is 453. The highest BCUT2D eigenvalue weighted by Gasteiger charge is 2.25. The first-order chi connectivity index (χ1) is 8.50. The molecule has 4 nitrogen and oxygen atoms in total. The Morgan fingerprint density at radius 2 is 1.89 bits per heavy atom. The molecule has 19 heavy (non-hydrogen) atoms. The summed E-state index contributed by atoms with van der Waals surface area (Å²) in [5.41, 5.74) is 1.27. The van der Waals surface area contributed by atoms with Crippen molar-refractivity contribution in [2.45, 2.75) is 58.7 Å². The van der Waals surface area contributed by atoms with Gasteiger partial charge < -0.3 is 9.67 Å². The quantitative estimate of drug-likeness (QED) is 0.861. The van der Waals surface area contributed by atoms with E-state index in [1.807, 2.05) is 6.20 Å². The number of aliphatic carboxylic acids is 1. The Morgan fingerprint density at radius 3 is 2.32 bits per heavy atom. The lowest BCUT2D eigenvalue weighted by atomic mass is 9.91. The lowest BCUT2D eigenvalue weighted by molar-refractivity contribution is -0.133. The Balaban J connectivity index is 3.11. The Kier molecular flexibility index (Phi) is 4.72. The number of nitrogens with zero attached hydrogens (tertiary/aromatic N) is 2. The van der Waals surface area contributed by atoms with Crippen LogP contribution in [0.25, 0.3) is 0 Å². The Morgan fingerprint density at radius 1 is 1.32 bits per heavy atom. The molecule has 0 unspecified atom stereocenters. The zero-order valence-corrected chi connectivity index (χ0v) is 13.5. The summed E-state index contributed by atoms with van der Waals surface area (Å²) in [6, 6.07) is 0. The number of thioether (sulfide) groups is 1. The smallest absolute Gasteiger partial charge is 0.313 e. The molecule has 108 valence electrons. The molecule has 1 aromatic rings. The Labute approximate surface area is 119 Å². The number of carbonyl (C=O) groups is 1. The summed E-state index contributed by atoms with van der Waals surface area (Å²) in [7, 11) is 0. The van der Waals surface area contributed by atoms with E-state index in [0.29, 0.717) is 0 Å². The predicted molar refractivity (Wildman–Crippen MR) is 78.7 cm³/mol. The minimum absolute atomic E-state index is 0.000281. The fourth-order valence-electron chi connectivity index (χ4n) is 1.83. The third kappa shape index (κ3) is 4.90. The van der Waals surface area contributed by atoms with Gasteiger partial charge in [-0.15, -0.1) is 0 Å². The molecule has 0 aliphatic heterocycles. The molecule has 0 aliphatic carbocycles. The lowest BCUT2D eigenvalue weighted by Crippen LogP contribution is -2.23. The third-order valence-electron chi connectivity index (χ3n) is 2.54. The molecular weight excluding hydrogens is 260 g/mol. The zero-order chi connectivity index (χ0) is 14.8. The zero-order valence-electron chi connectivity index (χ0n) is 12.6. The van der Waals surface area contributed by atoms with E-state index in [1.54, 1.807) is 0 Å². The molecular formula is C14H24N2O2S. The van der Waals surface area contributed by atoms with Gasteiger partial charge in [0.15, 0.2) is 5.16 Å². The highest BCUT2D eigenvalue weighted by molar-refractivity contribution is 7.99. The first-order valence-electron chi connectivity index (χ1n) is 6.41. The Hall–Kier alpha value is -0.970. The van der Waals surface area contributed by atoms with Crippen LogP contribution in [0.5, 0.6) is 0 Å². The molecule has 0 fully saturated rings. The molecule has 0 amide bonds. The van der Waals surface area contributed by atoms with E-state index in [0.717, 1.165) is 17.4 Å². The summed E-state index contributed by atoms with van der Waals surface area (Å²) in [6.45, 7) is 13.8. The van der Waals surface area contributed by atoms with Crippen molar-refractivity contribution in [3.63, 3.8) is 0 Å². The summed E-state index contributed by atoms with van der Waals surface area (Å²) in [5.74, 6) is -0.766. The van der Waals surface area contributed by atoms with Crippen molar-refractivity contribution < 1.29 is 9.90 Å². The van der Waals surface area contributed by atoms with Crippen molar-refractivity contribution in [2.75, 3.05) is 5.75 Å². The van der Waals surface area contributed by atoms with Crippen LogP contribution in [-0.4, -0.2) is 26.4 Å². The lowest BCUT2D eigenvalue weighted by Gasteiger charge is -2.27. The van der Waals surface area contributed by atoms with Crippen LogP contribution in [-0.2, 0) is 16.8 Å². The maximum atomic E-state index is 10.7. The first kappa shape index (κ1) is 16.1. The first-order valence-corrected chi connectivity index (χ1v) is 7.40. The number of carboxylic acids is 1. The van der Waals surface area contributed by atoms with Gasteiger partial charge in [0.1, 0.15) is 0 Å². The maximum Gasteiger partial charge on any atom is 0.313 e. The maximum absolute atomic E-state index is 10.7. The average molecular weight is 284 g/mol. The predicted octanol–water partition coefficient (Wildman–Crippen LogP) is 3.40. The third-order valence-corrected chi connectivity index (χ3v) is 3.52. The SMILES string of the molecule is CC(C)(C)Cn1c(C(C)(C)C)cnc1SCC(=O)O. The van der Waals surface area contributed by atoms with Gasteiger partial charge in [-0.25, -0.2) is 4.98 Å². The molecule has 0 radical (unpaired) electrons. The second-order valence-corrected chi connectivity index (χ2v) is 7.95. The molecule has 0 spiro atoms. The van der Waals surface area contributed by atoms with Crippen LogP contribution in [0.15, 0.2) is 11.4 Å². The number of hydrogen-bond acceptors (Lipinski definition) is 3. The van der Waals surface area contributed by atoms with E-state index in [9.17, 15) is 4.79 Å². The standard InChI is InChI=1S/C14H24N2O2S/c1-13(2,3)9-16-10(14(4,5)6)7-15-12(16)19-8-11(17)18/h7H,8-9H2,1-6H3,(H,17,18). The van der Waals surface area contributed by atoms with Crippen molar-refractivity contribution in [1.82, 2.24) is 9.55 Å². The van der Waals surface area contributed by atoms with Crippen molar-refractivity contribution in [2.24, 2.45) is 5.41 Å². The van der Waals surface area contributed by atoms with Gasteiger partial charge in [-0.1, -0.05) is 53.3 Å². The molecule has 1 rings (SSSR count). The molecule has 1 heterocycles. The van der Waals surface area contributed by atoms with Crippen molar-refractivity contribution in [1.29, 1.82) is 0 Å². The van der Waals surface area contributed by atoms with Crippen LogP contribution in [0.3, 0.4) is 0 Å². The van der Waals surface area contributed by atoms with Crippen molar-refractivity contribution in [3.8, 4) is 0 Å². The molecule has 0 bridgehead atoms. The highest BCUT2D eigenvalue weighted by atomic mass is 32.2. The van der Waals surface area contributed by atoms with Gasteiger partial charge in [0, 0.05) is 23.9 Å². The van der Waals surface area contributed by atoms with Crippen LogP contribution in [0.1, 0.15) is 47.2 Å². The number of carboxylic acid groups (broad SMARTS) is 1. The summed E-state index contributed by atoms with van der Waals surface area (Å²) in [5, 5.41) is 9.60. The van der Waals surface area contributed by atoms with Gasteiger partial charge in [0.05, 0.1) is 5.75 Å². The molecule has 0 aliphatic rings. The van der Waals surface area contributed by atoms with E-state index in [2.05, 4.69) is 51.1 Å². The second-order valence-electron chi connectivity index (χ2n) is 7.01. The molecule has 1 aromatic heterocycles. The normalized spacial score (nSPS) is 12.7. The summed E-state index contributed by atoms with van der Waals surface area (Å²) in [4.78, 5) is 15.1. The van der Waals surface area contributed by atoms with Crippen LogP contribution in [0.2, 0.25) is 0 Å².